The quantitative estimate of drug-likeness (QED) is 0.450. The van der Waals surface area contributed by atoms with Gasteiger partial charge in [0.25, 0.3) is 0 Å². The molecule has 2 rings (SSSR count). The van der Waals surface area contributed by atoms with E-state index in [1.807, 2.05) is 6.92 Å². The molecule has 23 heavy (non-hydrogen) atoms. The fraction of sp³-hybridized carbons (Fsp3) is 0.267. The van der Waals surface area contributed by atoms with Crippen molar-refractivity contribution in [1.29, 1.82) is 0 Å². The molecule has 2 heterocycles. The fourth-order valence-corrected chi connectivity index (χ4v) is 2.74. The van der Waals surface area contributed by atoms with Crippen LogP contribution in [0, 0.1) is 6.92 Å². The number of nitrogen functional groups attached to an aromatic ring is 1. The Bertz CT molecular complexity index is 697. The lowest BCUT2D eigenvalue weighted by Crippen LogP contribution is -2.32. The van der Waals surface area contributed by atoms with E-state index >= 15 is 0 Å². The first-order chi connectivity index (χ1) is 11.1. The molecule has 2 aromatic rings. The molecule has 0 unspecified atom stereocenters. The number of aryl methyl sites for hydroxylation is 1. The molecule has 7 nitrogen and oxygen atoms in total. The first-order valence-electron chi connectivity index (χ1n) is 6.95. The van der Waals surface area contributed by atoms with Crippen molar-refractivity contribution in [2.45, 2.75) is 12.1 Å². The van der Waals surface area contributed by atoms with Crippen LogP contribution < -0.4 is 5.84 Å². The fourth-order valence-electron chi connectivity index (χ4n) is 1.98. The highest BCUT2D eigenvalue weighted by molar-refractivity contribution is 7.99. The van der Waals surface area contributed by atoms with Crippen LogP contribution in [-0.2, 0) is 4.79 Å². The molecule has 0 aromatic carbocycles. The summed E-state index contributed by atoms with van der Waals surface area (Å²) in [6.07, 6.45) is 4.92. The maximum absolute atomic E-state index is 12.2. The number of hydrogen-bond acceptors (Lipinski definition) is 6. The van der Waals surface area contributed by atoms with Crippen LogP contribution in [0.5, 0.6) is 0 Å². The molecule has 0 bridgehead atoms. The number of aromatic nitrogens is 3. The van der Waals surface area contributed by atoms with Crippen molar-refractivity contribution in [2.75, 3.05) is 24.7 Å². The molecule has 1 amide bonds. The Hall–Kier alpha value is -2.48. The summed E-state index contributed by atoms with van der Waals surface area (Å²) in [6.45, 7) is 10.1. The minimum absolute atomic E-state index is 0.0427. The van der Waals surface area contributed by atoms with Crippen LogP contribution in [0.25, 0.3) is 11.4 Å². The first kappa shape index (κ1) is 16.9. The van der Waals surface area contributed by atoms with Crippen LogP contribution in [0.4, 0.5) is 0 Å². The van der Waals surface area contributed by atoms with Gasteiger partial charge in [0.1, 0.15) is 5.76 Å². The lowest BCUT2D eigenvalue weighted by molar-refractivity contribution is -0.127. The average Bonchev–Trinajstić information content (AvgIpc) is 3.10. The van der Waals surface area contributed by atoms with Gasteiger partial charge in [0.05, 0.1) is 17.6 Å². The minimum Gasteiger partial charge on any atom is -0.469 e. The lowest BCUT2D eigenvalue weighted by atomic mass is 10.2. The van der Waals surface area contributed by atoms with Crippen molar-refractivity contribution in [3.8, 4) is 11.4 Å². The van der Waals surface area contributed by atoms with Crippen molar-refractivity contribution in [2.24, 2.45) is 0 Å². The number of amides is 1. The Balaban J connectivity index is 2.05. The molecule has 122 valence electrons. The molecule has 0 aliphatic heterocycles. The SMILES string of the molecule is C=CCN(CC=C)C(=O)CSc1nnc(-c2ccoc2C)n1N. The Labute approximate surface area is 138 Å². The van der Waals surface area contributed by atoms with Crippen molar-refractivity contribution in [3.05, 3.63) is 43.4 Å². The van der Waals surface area contributed by atoms with E-state index in [1.165, 1.54) is 16.4 Å². The number of carbonyl (C=O) groups is 1. The third kappa shape index (κ3) is 3.84. The summed E-state index contributed by atoms with van der Waals surface area (Å²) in [7, 11) is 0. The zero-order chi connectivity index (χ0) is 16.8. The first-order valence-corrected chi connectivity index (χ1v) is 7.94. The topological polar surface area (TPSA) is 90.2 Å². The van der Waals surface area contributed by atoms with E-state index in [4.69, 9.17) is 10.3 Å². The standard InChI is InChI=1S/C15H19N5O2S/c1-4-7-19(8-5-2)13(21)10-23-15-18-17-14(20(15)16)12-6-9-22-11(12)3/h4-6,9H,1-2,7-8,10,16H2,3H3. The van der Waals surface area contributed by atoms with Gasteiger partial charge < -0.3 is 15.2 Å². The third-order valence-corrected chi connectivity index (χ3v) is 4.07. The molecular weight excluding hydrogens is 314 g/mol. The van der Waals surface area contributed by atoms with Crippen molar-refractivity contribution in [1.82, 2.24) is 19.8 Å². The maximum atomic E-state index is 12.2. The number of nitrogens with two attached hydrogens (primary N) is 1. The lowest BCUT2D eigenvalue weighted by Gasteiger charge is -2.18. The highest BCUT2D eigenvalue weighted by Crippen LogP contribution is 2.25. The second kappa shape index (κ2) is 7.68. The van der Waals surface area contributed by atoms with Crippen molar-refractivity contribution in [3.63, 3.8) is 0 Å². The van der Waals surface area contributed by atoms with Crippen LogP contribution in [0.3, 0.4) is 0 Å². The second-order valence-electron chi connectivity index (χ2n) is 4.73. The monoisotopic (exact) mass is 333 g/mol. The van der Waals surface area contributed by atoms with E-state index in [0.717, 1.165) is 5.56 Å². The van der Waals surface area contributed by atoms with Crippen LogP contribution in [0.2, 0.25) is 0 Å². The van der Waals surface area contributed by atoms with Gasteiger partial charge >= 0.3 is 0 Å². The molecule has 0 aliphatic carbocycles. The normalized spacial score (nSPS) is 10.5. The van der Waals surface area contributed by atoms with Gasteiger partial charge in [0, 0.05) is 13.1 Å². The van der Waals surface area contributed by atoms with E-state index in [1.54, 1.807) is 29.4 Å². The van der Waals surface area contributed by atoms with E-state index in [9.17, 15) is 4.79 Å². The smallest absolute Gasteiger partial charge is 0.233 e. The molecule has 0 spiro atoms. The molecule has 2 aromatic heterocycles. The second-order valence-corrected chi connectivity index (χ2v) is 5.67. The minimum atomic E-state index is -0.0427. The van der Waals surface area contributed by atoms with Crippen LogP contribution in [0.15, 0.2) is 47.2 Å². The summed E-state index contributed by atoms with van der Waals surface area (Å²) in [5, 5.41) is 8.56. The maximum Gasteiger partial charge on any atom is 0.233 e. The zero-order valence-corrected chi connectivity index (χ0v) is 13.8. The molecular formula is C15H19N5O2S. The number of rotatable bonds is 8. The predicted molar refractivity (Wildman–Crippen MR) is 90.3 cm³/mol. The predicted octanol–water partition coefficient (Wildman–Crippen LogP) is 1.85. The third-order valence-electron chi connectivity index (χ3n) is 3.14. The number of nitrogens with zero attached hydrogens (tertiary/aromatic N) is 4. The number of thioether (sulfide) groups is 1. The summed E-state index contributed by atoms with van der Waals surface area (Å²) < 4.78 is 6.61. The van der Waals surface area contributed by atoms with Crippen LogP contribution >= 0.6 is 11.8 Å². The Kier molecular flexibility index (Phi) is 5.64. The van der Waals surface area contributed by atoms with Gasteiger partial charge in [-0.2, -0.15) is 0 Å². The molecule has 0 atom stereocenters. The Morgan fingerprint density at radius 2 is 2.13 bits per heavy atom. The number of carbonyl (C=O) groups excluding carboxylic acids is 1. The van der Waals surface area contributed by atoms with E-state index in [-0.39, 0.29) is 11.7 Å². The Morgan fingerprint density at radius 1 is 1.43 bits per heavy atom. The highest BCUT2D eigenvalue weighted by Gasteiger charge is 2.18. The summed E-state index contributed by atoms with van der Waals surface area (Å²) in [6, 6.07) is 1.78. The molecule has 0 radical (unpaired) electrons. The van der Waals surface area contributed by atoms with Gasteiger partial charge in [0.2, 0.25) is 11.1 Å². The van der Waals surface area contributed by atoms with Crippen molar-refractivity contribution < 1.29 is 9.21 Å². The molecule has 0 aliphatic rings. The van der Waals surface area contributed by atoms with Gasteiger partial charge in [-0.15, -0.1) is 23.4 Å². The Morgan fingerprint density at radius 3 is 2.70 bits per heavy atom. The number of furan rings is 1. The molecule has 0 saturated heterocycles. The summed E-state index contributed by atoms with van der Waals surface area (Å²) in [5.74, 6) is 7.39. The van der Waals surface area contributed by atoms with Crippen molar-refractivity contribution >= 4 is 17.7 Å². The van der Waals surface area contributed by atoms with Gasteiger partial charge in [-0.1, -0.05) is 23.9 Å². The average molecular weight is 333 g/mol. The van der Waals surface area contributed by atoms with Crippen LogP contribution in [-0.4, -0.2) is 44.5 Å². The summed E-state index contributed by atoms with van der Waals surface area (Å²) in [4.78, 5) is 13.8. The van der Waals surface area contributed by atoms with Gasteiger partial charge in [-0.3, -0.25) is 4.79 Å². The van der Waals surface area contributed by atoms with E-state index < -0.39 is 0 Å². The molecule has 0 fully saturated rings. The van der Waals surface area contributed by atoms with E-state index in [0.29, 0.717) is 29.8 Å². The van der Waals surface area contributed by atoms with Gasteiger partial charge in [-0.05, 0) is 13.0 Å². The summed E-state index contributed by atoms with van der Waals surface area (Å²) in [5.41, 5.74) is 0.776. The molecule has 0 saturated carbocycles. The highest BCUT2D eigenvalue weighted by atomic mass is 32.2. The molecule has 2 N–H and O–H groups in total. The molecule has 8 heteroatoms. The summed E-state index contributed by atoms with van der Waals surface area (Å²) >= 11 is 1.23. The van der Waals surface area contributed by atoms with Gasteiger partial charge in [-0.25, -0.2) is 4.68 Å². The van der Waals surface area contributed by atoms with E-state index in [2.05, 4.69) is 23.4 Å². The number of hydrogen-bond donors (Lipinski definition) is 1. The van der Waals surface area contributed by atoms with Gasteiger partial charge in [0.15, 0.2) is 5.82 Å². The van der Waals surface area contributed by atoms with Crippen LogP contribution in [0.1, 0.15) is 5.76 Å². The zero-order valence-electron chi connectivity index (χ0n) is 12.9. The largest absolute Gasteiger partial charge is 0.469 e.